The molecule has 1 aromatic carbocycles. The number of rotatable bonds is 3. The summed E-state index contributed by atoms with van der Waals surface area (Å²) in [6.07, 6.45) is 6.90. The van der Waals surface area contributed by atoms with Gasteiger partial charge in [-0.15, -0.1) is 0 Å². The molecule has 1 aromatic rings. The number of benzene rings is 1. The summed E-state index contributed by atoms with van der Waals surface area (Å²) in [5.41, 5.74) is 0.846. The van der Waals surface area contributed by atoms with Crippen molar-refractivity contribution in [2.24, 2.45) is 23.2 Å². The summed E-state index contributed by atoms with van der Waals surface area (Å²) in [4.78, 5) is 13.1. The number of ether oxygens (including phenoxy) is 1. The van der Waals surface area contributed by atoms with Crippen LogP contribution in [0.5, 0.6) is 0 Å². The third-order valence-electron chi connectivity index (χ3n) is 6.51. The second-order valence-corrected chi connectivity index (χ2v) is 8.09. The summed E-state index contributed by atoms with van der Waals surface area (Å²) < 4.78 is 18.7. The fourth-order valence-electron chi connectivity index (χ4n) is 5.93. The first-order valence-corrected chi connectivity index (χ1v) is 8.58. The monoisotopic (exact) mass is 300 g/mol. The Morgan fingerprint density at radius 3 is 2.09 bits per heavy atom. The molecule has 2 atom stereocenters. The Balaban J connectivity index is 1.36. The third-order valence-corrected chi connectivity index (χ3v) is 6.51. The number of halogens is 1. The van der Waals surface area contributed by atoms with Gasteiger partial charge in [0.2, 0.25) is 0 Å². The van der Waals surface area contributed by atoms with Gasteiger partial charge in [0, 0.05) is 5.41 Å². The Kier molecular flexibility index (Phi) is 2.65. The zero-order chi connectivity index (χ0) is 14.9. The molecular formula is C19H21FO2. The van der Waals surface area contributed by atoms with Crippen molar-refractivity contribution in [2.45, 2.75) is 50.7 Å². The summed E-state index contributed by atoms with van der Waals surface area (Å²) in [5.74, 6) is 2.43. The van der Waals surface area contributed by atoms with E-state index in [-0.39, 0.29) is 23.4 Å². The van der Waals surface area contributed by atoms with Gasteiger partial charge in [-0.2, -0.15) is 0 Å². The third kappa shape index (κ3) is 1.91. The van der Waals surface area contributed by atoms with Crippen LogP contribution in [0.2, 0.25) is 0 Å². The molecule has 0 radical (unpaired) electrons. The van der Waals surface area contributed by atoms with Gasteiger partial charge < -0.3 is 4.74 Å². The maximum Gasteiger partial charge on any atom is 0.170 e. The lowest BCUT2D eigenvalue weighted by molar-refractivity contribution is -0.145. The Morgan fingerprint density at radius 2 is 1.55 bits per heavy atom. The van der Waals surface area contributed by atoms with E-state index in [4.69, 9.17) is 4.74 Å². The molecule has 0 N–H and O–H groups in total. The van der Waals surface area contributed by atoms with Crippen LogP contribution in [-0.2, 0) is 9.53 Å². The number of hydrogen-bond donors (Lipinski definition) is 0. The molecule has 6 rings (SSSR count). The standard InChI is InChI=1S/C19H21FO2/c20-15-3-1-14(2-4-15)16-17(22-16)18(21)19-8-11-5-12(9-19)7-13(6-11)10-19/h1-4,11-13,16-17H,5-10H2/t11?,12?,13?,16-,17-,19?/m0/s1. The largest absolute Gasteiger partial charge is 0.356 e. The van der Waals surface area contributed by atoms with Gasteiger partial charge in [-0.05, 0) is 74.0 Å². The summed E-state index contributed by atoms with van der Waals surface area (Å²) in [7, 11) is 0. The Bertz CT molecular complexity index is 586. The maximum atomic E-state index is 13.1. The number of ketones is 1. The van der Waals surface area contributed by atoms with Gasteiger partial charge in [0.15, 0.2) is 5.78 Å². The highest BCUT2D eigenvalue weighted by molar-refractivity contribution is 5.92. The Labute approximate surface area is 130 Å². The van der Waals surface area contributed by atoms with Crippen molar-refractivity contribution in [3.8, 4) is 0 Å². The van der Waals surface area contributed by atoms with Crippen molar-refractivity contribution in [3.05, 3.63) is 35.6 Å². The Morgan fingerprint density at radius 1 is 1.00 bits per heavy atom. The lowest BCUT2D eigenvalue weighted by atomic mass is 9.48. The van der Waals surface area contributed by atoms with E-state index in [1.54, 1.807) is 12.1 Å². The molecule has 1 saturated heterocycles. The fourth-order valence-corrected chi connectivity index (χ4v) is 5.93. The van der Waals surface area contributed by atoms with Crippen LogP contribution in [-0.4, -0.2) is 11.9 Å². The van der Waals surface area contributed by atoms with Crippen LogP contribution in [0.15, 0.2) is 24.3 Å². The SMILES string of the molecule is O=C([C@H]1O[C@H]1c1ccc(F)cc1)C12CC3CC(CC(C3)C1)C2. The molecule has 22 heavy (non-hydrogen) atoms. The first-order valence-electron chi connectivity index (χ1n) is 8.58. The number of hydrogen-bond acceptors (Lipinski definition) is 2. The molecule has 0 aromatic heterocycles. The number of Topliss-reactive ketones (excluding diaryl/α,β-unsaturated/α-hetero) is 1. The summed E-state index contributed by atoms with van der Waals surface area (Å²) in [6.45, 7) is 0. The minimum atomic E-state index is -0.276. The summed E-state index contributed by atoms with van der Waals surface area (Å²) >= 11 is 0. The van der Waals surface area contributed by atoms with E-state index in [0.717, 1.165) is 42.6 Å². The van der Waals surface area contributed by atoms with Gasteiger partial charge in [-0.25, -0.2) is 4.39 Å². The zero-order valence-electron chi connectivity index (χ0n) is 12.6. The number of epoxide rings is 1. The van der Waals surface area contributed by atoms with Gasteiger partial charge >= 0.3 is 0 Å². The van der Waals surface area contributed by atoms with E-state index in [1.807, 2.05) is 0 Å². The van der Waals surface area contributed by atoms with Crippen LogP contribution in [0.1, 0.15) is 50.2 Å². The molecule has 1 aliphatic heterocycles. The molecule has 0 amide bonds. The van der Waals surface area contributed by atoms with E-state index in [9.17, 15) is 9.18 Å². The fraction of sp³-hybridized carbons (Fsp3) is 0.632. The molecule has 1 heterocycles. The zero-order valence-corrected chi connectivity index (χ0v) is 12.6. The number of carbonyl (C=O) groups is 1. The summed E-state index contributed by atoms with van der Waals surface area (Å²) in [6, 6.07) is 6.38. The van der Waals surface area contributed by atoms with Crippen LogP contribution in [0.4, 0.5) is 4.39 Å². The van der Waals surface area contributed by atoms with Gasteiger partial charge in [0.05, 0.1) is 0 Å². The molecule has 5 fully saturated rings. The smallest absolute Gasteiger partial charge is 0.170 e. The van der Waals surface area contributed by atoms with Gasteiger partial charge in [-0.3, -0.25) is 4.79 Å². The van der Waals surface area contributed by atoms with Gasteiger partial charge in [0.25, 0.3) is 0 Å². The first-order chi connectivity index (χ1) is 10.6. The molecule has 4 saturated carbocycles. The van der Waals surface area contributed by atoms with Crippen molar-refractivity contribution < 1.29 is 13.9 Å². The van der Waals surface area contributed by atoms with Crippen molar-refractivity contribution in [2.75, 3.05) is 0 Å². The molecule has 0 unspecified atom stereocenters. The summed E-state index contributed by atoms with van der Waals surface area (Å²) in [5, 5.41) is 0. The van der Waals surface area contributed by atoms with Crippen LogP contribution < -0.4 is 0 Å². The second-order valence-electron chi connectivity index (χ2n) is 8.09. The average Bonchev–Trinajstić information content (AvgIpc) is 3.26. The highest BCUT2D eigenvalue weighted by atomic mass is 19.1. The molecule has 4 bridgehead atoms. The van der Waals surface area contributed by atoms with Crippen LogP contribution in [0.25, 0.3) is 0 Å². The molecule has 2 nitrogen and oxygen atoms in total. The van der Waals surface area contributed by atoms with Crippen molar-refractivity contribution in [3.63, 3.8) is 0 Å². The lowest BCUT2D eigenvalue weighted by Gasteiger charge is -2.55. The minimum absolute atomic E-state index is 0.0891. The molecule has 116 valence electrons. The van der Waals surface area contributed by atoms with Gasteiger partial charge in [-0.1, -0.05) is 12.1 Å². The van der Waals surface area contributed by atoms with Crippen molar-refractivity contribution >= 4 is 5.78 Å². The maximum absolute atomic E-state index is 13.1. The average molecular weight is 300 g/mol. The lowest BCUT2D eigenvalue weighted by Crippen LogP contribution is -2.51. The van der Waals surface area contributed by atoms with Crippen LogP contribution >= 0.6 is 0 Å². The molecule has 0 spiro atoms. The number of carbonyl (C=O) groups excluding carboxylic acids is 1. The van der Waals surface area contributed by atoms with E-state index in [0.29, 0.717) is 5.78 Å². The second kappa shape index (κ2) is 4.41. The predicted octanol–water partition coefficient (Wildman–Crippen LogP) is 4.05. The van der Waals surface area contributed by atoms with Crippen molar-refractivity contribution in [1.82, 2.24) is 0 Å². The van der Waals surface area contributed by atoms with E-state index >= 15 is 0 Å². The molecule has 4 aliphatic carbocycles. The van der Waals surface area contributed by atoms with Crippen LogP contribution in [0.3, 0.4) is 0 Å². The molecule has 5 aliphatic rings. The van der Waals surface area contributed by atoms with Gasteiger partial charge in [0.1, 0.15) is 18.0 Å². The Hall–Kier alpha value is -1.22. The van der Waals surface area contributed by atoms with E-state index in [1.165, 1.54) is 31.4 Å². The topological polar surface area (TPSA) is 29.6 Å². The highest BCUT2D eigenvalue weighted by Gasteiger charge is 2.60. The molecular weight excluding hydrogens is 279 g/mol. The quantitative estimate of drug-likeness (QED) is 0.788. The van der Waals surface area contributed by atoms with E-state index < -0.39 is 0 Å². The van der Waals surface area contributed by atoms with Crippen LogP contribution in [0, 0.1) is 29.0 Å². The van der Waals surface area contributed by atoms with Crippen molar-refractivity contribution in [1.29, 1.82) is 0 Å². The first kappa shape index (κ1) is 13.2. The normalized spacial score (nSPS) is 45.0. The highest BCUT2D eigenvalue weighted by Crippen LogP contribution is 2.62. The van der Waals surface area contributed by atoms with E-state index in [2.05, 4.69) is 0 Å². The molecule has 3 heteroatoms. The predicted molar refractivity (Wildman–Crippen MR) is 79.6 cm³/mol. The minimum Gasteiger partial charge on any atom is -0.356 e.